The predicted molar refractivity (Wildman–Crippen MR) is 90.8 cm³/mol. The lowest BCUT2D eigenvalue weighted by Crippen LogP contribution is -1.98. The molecular weight excluding hydrogens is 306 g/mol. The van der Waals surface area contributed by atoms with E-state index in [2.05, 4.69) is 6.07 Å². The molecule has 120 valence electrons. The van der Waals surface area contributed by atoms with E-state index in [1.807, 2.05) is 36.6 Å². The lowest BCUT2D eigenvalue weighted by atomic mass is 10.0. The molecule has 0 atom stereocenters. The number of benzene rings is 2. The molecule has 6 nitrogen and oxygen atoms in total. The summed E-state index contributed by atoms with van der Waals surface area (Å²) in [5.74, 6) is -0.391. The molecule has 24 heavy (non-hydrogen) atoms. The second kappa shape index (κ2) is 5.70. The maximum absolute atomic E-state index is 11.1. The third kappa shape index (κ3) is 2.27. The molecule has 0 aliphatic heterocycles. The highest BCUT2D eigenvalue weighted by Gasteiger charge is 2.21. The molecule has 0 fully saturated rings. The van der Waals surface area contributed by atoms with Crippen LogP contribution in [0.2, 0.25) is 0 Å². The van der Waals surface area contributed by atoms with Crippen molar-refractivity contribution >= 4 is 16.6 Å². The van der Waals surface area contributed by atoms with Crippen molar-refractivity contribution in [2.24, 2.45) is 0 Å². The van der Waals surface area contributed by atoms with Crippen molar-refractivity contribution in [3.05, 3.63) is 57.6 Å². The monoisotopic (exact) mass is 321 g/mol. The lowest BCUT2D eigenvalue weighted by molar-refractivity contribution is -0.385. The molecule has 0 amide bonds. The number of rotatable bonds is 3. The molecule has 0 aliphatic carbocycles. The van der Waals surface area contributed by atoms with E-state index in [4.69, 9.17) is 0 Å². The summed E-state index contributed by atoms with van der Waals surface area (Å²) in [6.45, 7) is 4.55. The first-order valence-electron chi connectivity index (χ1n) is 7.48. The summed E-state index contributed by atoms with van der Waals surface area (Å²) in [6.07, 6.45) is 0. The van der Waals surface area contributed by atoms with Gasteiger partial charge in [-0.05, 0) is 37.6 Å². The van der Waals surface area contributed by atoms with Gasteiger partial charge in [-0.2, -0.15) is 5.26 Å². The van der Waals surface area contributed by atoms with Crippen LogP contribution in [0.4, 0.5) is 5.69 Å². The highest BCUT2D eigenvalue weighted by molar-refractivity contribution is 5.95. The maximum atomic E-state index is 11.1. The minimum absolute atomic E-state index is 0.375. The molecule has 2 aromatic carbocycles. The van der Waals surface area contributed by atoms with Crippen LogP contribution in [0.15, 0.2) is 36.4 Å². The van der Waals surface area contributed by atoms with Crippen LogP contribution in [0, 0.1) is 28.4 Å². The van der Waals surface area contributed by atoms with Gasteiger partial charge in [-0.1, -0.05) is 12.1 Å². The van der Waals surface area contributed by atoms with Gasteiger partial charge in [0.15, 0.2) is 5.75 Å². The van der Waals surface area contributed by atoms with Gasteiger partial charge >= 0.3 is 5.69 Å². The first-order chi connectivity index (χ1) is 11.5. The van der Waals surface area contributed by atoms with Crippen LogP contribution in [0.1, 0.15) is 18.1 Å². The number of nitro groups is 1. The fraction of sp³-hybridized carbons (Fsp3) is 0.167. The van der Waals surface area contributed by atoms with E-state index >= 15 is 0 Å². The Morgan fingerprint density at radius 3 is 2.67 bits per heavy atom. The molecule has 0 unspecified atom stereocenters. The quantitative estimate of drug-likeness (QED) is 0.580. The Morgan fingerprint density at radius 1 is 1.29 bits per heavy atom. The molecule has 3 rings (SSSR count). The highest BCUT2D eigenvalue weighted by Crippen LogP contribution is 2.37. The van der Waals surface area contributed by atoms with Gasteiger partial charge in [0, 0.05) is 23.6 Å². The Bertz CT molecular complexity index is 1010. The molecule has 0 spiro atoms. The van der Waals surface area contributed by atoms with Gasteiger partial charge in [-0.3, -0.25) is 10.1 Å². The second-order valence-corrected chi connectivity index (χ2v) is 5.56. The third-order valence-corrected chi connectivity index (χ3v) is 4.09. The number of nitro benzene ring substituents is 1. The first kappa shape index (κ1) is 15.6. The maximum Gasteiger partial charge on any atom is 0.311 e. The van der Waals surface area contributed by atoms with Crippen molar-refractivity contribution in [1.82, 2.24) is 4.57 Å². The molecule has 0 saturated heterocycles. The Balaban J connectivity index is 2.40. The lowest BCUT2D eigenvalue weighted by Gasteiger charge is -2.09. The van der Waals surface area contributed by atoms with Gasteiger partial charge in [-0.15, -0.1) is 0 Å². The van der Waals surface area contributed by atoms with E-state index in [0.717, 1.165) is 16.5 Å². The summed E-state index contributed by atoms with van der Waals surface area (Å²) < 4.78 is 1.97. The van der Waals surface area contributed by atoms with E-state index in [-0.39, 0.29) is 5.69 Å². The Morgan fingerprint density at radius 2 is 2.04 bits per heavy atom. The Labute approximate surface area is 138 Å². The minimum Gasteiger partial charge on any atom is -0.502 e. The summed E-state index contributed by atoms with van der Waals surface area (Å²) in [5, 5.41) is 31.2. The Hall–Kier alpha value is -3.33. The van der Waals surface area contributed by atoms with E-state index in [9.17, 15) is 20.5 Å². The second-order valence-electron chi connectivity index (χ2n) is 5.56. The number of hydrogen-bond acceptors (Lipinski definition) is 4. The molecule has 1 heterocycles. The first-order valence-corrected chi connectivity index (χ1v) is 7.48. The van der Waals surface area contributed by atoms with Crippen molar-refractivity contribution in [1.29, 1.82) is 5.26 Å². The van der Waals surface area contributed by atoms with Crippen LogP contribution in [-0.4, -0.2) is 14.6 Å². The summed E-state index contributed by atoms with van der Waals surface area (Å²) in [7, 11) is 0. The smallest absolute Gasteiger partial charge is 0.311 e. The number of phenolic OH excluding ortho intramolecular Hbond substituents is 1. The molecule has 1 N–H and O–H groups in total. The number of nitriles is 1. The molecule has 0 saturated carbocycles. The van der Waals surface area contributed by atoms with Gasteiger partial charge in [-0.25, -0.2) is 0 Å². The zero-order chi connectivity index (χ0) is 17.4. The number of aromatic nitrogens is 1. The summed E-state index contributed by atoms with van der Waals surface area (Å²) in [5.41, 5.74) is 3.25. The predicted octanol–water partition coefficient (Wildman–Crippen LogP) is 4.12. The number of phenols is 1. The zero-order valence-electron chi connectivity index (χ0n) is 13.3. The average Bonchev–Trinajstić information content (AvgIpc) is 2.87. The zero-order valence-corrected chi connectivity index (χ0v) is 13.3. The van der Waals surface area contributed by atoms with Crippen LogP contribution in [-0.2, 0) is 6.54 Å². The third-order valence-electron chi connectivity index (χ3n) is 4.09. The summed E-state index contributed by atoms with van der Waals surface area (Å²) in [6, 6.07) is 12.2. The highest BCUT2D eigenvalue weighted by atomic mass is 16.6. The summed E-state index contributed by atoms with van der Waals surface area (Å²) in [4.78, 5) is 10.5. The van der Waals surface area contributed by atoms with Gasteiger partial charge in [0.2, 0.25) is 0 Å². The van der Waals surface area contributed by atoms with Crippen LogP contribution in [0.5, 0.6) is 5.75 Å². The Kier molecular flexibility index (Phi) is 3.70. The molecule has 1 aromatic heterocycles. The van der Waals surface area contributed by atoms with Crippen LogP contribution in [0.3, 0.4) is 0 Å². The fourth-order valence-electron chi connectivity index (χ4n) is 3.02. The number of aromatic hydroxyl groups is 1. The van der Waals surface area contributed by atoms with Crippen molar-refractivity contribution in [2.45, 2.75) is 20.4 Å². The molecule has 0 radical (unpaired) electrons. The number of aryl methyl sites for hydroxylation is 2. The minimum atomic E-state index is -0.631. The van der Waals surface area contributed by atoms with Gasteiger partial charge in [0.05, 0.1) is 21.7 Å². The molecule has 0 bridgehead atoms. The largest absolute Gasteiger partial charge is 0.502 e. The topological polar surface area (TPSA) is 92.1 Å². The molecule has 3 aromatic rings. The van der Waals surface area contributed by atoms with Crippen molar-refractivity contribution in [3.63, 3.8) is 0 Å². The number of hydrogen-bond donors (Lipinski definition) is 1. The van der Waals surface area contributed by atoms with E-state index < -0.39 is 10.7 Å². The van der Waals surface area contributed by atoms with Crippen molar-refractivity contribution in [2.75, 3.05) is 0 Å². The normalized spacial score (nSPS) is 10.7. The van der Waals surface area contributed by atoms with Crippen LogP contribution < -0.4 is 0 Å². The molecule has 0 aliphatic rings. The van der Waals surface area contributed by atoms with E-state index in [1.54, 1.807) is 6.07 Å². The van der Waals surface area contributed by atoms with Crippen LogP contribution >= 0.6 is 0 Å². The van der Waals surface area contributed by atoms with Gasteiger partial charge in [0.1, 0.15) is 6.07 Å². The van der Waals surface area contributed by atoms with E-state index in [0.29, 0.717) is 23.4 Å². The fourth-order valence-corrected chi connectivity index (χ4v) is 3.02. The molecule has 6 heteroatoms. The van der Waals surface area contributed by atoms with Crippen molar-refractivity contribution in [3.8, 4) is 23.1 Å². The average molecular weight is 321 g/mol. The van der Waals surface area contributed by atoms with Gasteiger partial charge in [0.25, 0.3) is 0 Å². The summed E-state index contributed by atoms with van der Waals surface area (Å²) >= 11 is 0. The van der Waals surface area contributed by atoms with Crippen molar-refractivity contribution < 1.29 is 10.0 Å². The molecular formula is C18H15N3O3. The number of fused-ring (bicyclic) bond motifs is 1. The van der Waals surface area contributed by atoms with Gasteiger partial charge < -0.3 is 9.67 Å². The SMILES string of the molecule is CCn1c(-c2ccc(O)c([N+](=O)[O-])c2)c(C#N)c2ccc(C)cc21. The van der Waals surface area contributed by atoms with Crippen LogP contribution in [0.25, 0.3) is 22.2 Å². The number of nitrogens with zero attached hydrogens (tertiary/aromatic N) is 3. The standard InChI is InChI=1S/C18H15N3O3/c1-3-20-15-8-11(2)4-6-13(15)14(10-19)18(20)12-5-7-17(22)16(9-12)21(23)24/h4-9,22H,3H2,1-2H3. The van der Waals surface area contributed by atoms with E-state index in [1.165, 1.54) is 12.1 Å².